The fourth-order valence-electron chi connectivity index (χ4n) is 3.98. The maximum atomic E-state index is 12.5. The zero-order valence-electron chi connectivity index (χ0n) is 20.1. The van der Waals surface area contributed by atoms with Crippen molar-refractivity contribution in [3.63, 3.8) is 0 Å². The van der Waals surface area contributed by atoms with E-state index in [0.29, 0.717) is 13.2 Å². The minimum Gasteiger partial charge on any atom is -0.493 e. The van der Waals surface area contributed by atoms with Gasteiger partial charge in [0.15, 0.2) is 11.5 Å². The Morgan fingerprint density at radius 2 is 1.94 bits per heavy atom. The molecule has 0 bridgehead atoms. The van der Waals surface area contributed by atoms with E-state index in [2.05, 4.69) is 16.0 Å². The van der Waals surface area contributed by atoms with E-state index in [1.165, 1.54) is 0 Å². The first-order valence-corrected chi connectivity index (χ1v) is 11.8. The Balaban J connectivity index is 1.66. The van der Waals surface area contributed by atoms with E-state index in [1.807, 2.05) is 69.3 Å². The molecule has 0 saturated heterocycles. The van der Waals surface area contributed by atoms with Crippen LogP contribution in [0.5, 0.6) is 11.5 Å². The highest BCUT2D eigenvalue weighted by molar-refractivity contribution is 5.79. The normalized spacial score (nSPS) is 11.4. The number of allylic oxidation sites excluding steroid dienone is 1. The number of imidazole rings is 1. The number of methoxy groups -OCH3 is 1. The van der Waals surface area contributed by atoms with Gasteiger partial charge in [0.05, 0.1) is 31.3 Å². The Morgan fingerprint density at radius 1 is 1.15 bits per heavy atom. The standard InChI is InChI=1S/C27H35N3O3/c1-5-11-20-14-15-24(25(18-20)32-4)33-17-10-16-30-23-13-9-8-12-22(23)29-26(30)19-28-27(31)21(6-2)7-3/h5,8-9,11-15,18,21H,6-7,10,16-17,19H2,1-4H3,(H,28,31)/b11-5+. The van der Waals surface area contributed by atoms with Gasteiger partial charge in [-0.25, -0.2) is 4.98 Å². The molecule has 6 nitrogen and oxygen atoms in total. The van der Waals surface area contributed by atoms with Crippen molar-refractivity contribution in [3.8, 4) is 11.5 Å². The van der Waals surface area contributed by atoms with Crippen LogP contribution < -0.4 is 14.8 Å². The van der Waals surface area contributed by atoms with Gasteiger partial charge in [0.25, 0.3) is 0 Å². The van der Waals surface area contributed by atoms with E-state index in [4.69, 9.17) is 14.5 Å². The molecule has 0 aliphatic heterocycles. The van der Waals surface area contributed by atoms with Crippen molar-refractivity contribution in [2.45, 2.75) is 53.1 Å². The van der Waals surface area contributed by atoms with E-state index >= 15 is 0 Å². The molecule has 3 aromatic rings. The number of hydrogen-bond acceptors (Lipinski definition) is 4. The van der Waals surface area contributed by atoms with Crippen LogP contribution in [0.15, 0.2) is 48.5 Å². The first kappa shape index (κ1) is 24.4. The van der Waals surface area contributed by atoms with Gasteiger partial charge in [-0.05, 0) is 56.0 Å². The van der Waals surface area contributed by atoms with Crippen molar-refractivity contribution in [3.05, 3.63) is 59.9 Å². The topological polar surface area (TPSA) is 65.4 Å². The molecule has 0 unspecified atom stereocenters. The summed E-state index contributed by atoms with van der Waals surface area (Å²) in [6.07, 6.45) is 6.51. The molecule has 33 heavy (non-hydrogen) atoms. The number of nitrogens with one attached hydrogen (secondary N) is 1. The number of aromatic nitrogens is 2. The highest BCUT2D eigenvalue weighted by Gasteiger charge is 2.16. The molecular formula is C27H35N3O3. The van der Waals surface area contributed by atoms with Crippen LogP contribution in [0.1, 0.15) is 51.4 Å². The van der Waals surface area contributed by atoms with Crippen LogP contribution in [0.4, 0.5) is 0 Å². The largest absolute Gasteiger partial charge is 0.493 e. The van der Waals surface area contributed by atoms with Gasteiger partial charge in [0.2, 0.25) is 5.91 Å². The number of ether oxygens (including phenoxy) is 2. The number of nitrogens with zero attached hydrogens (tertiary/aromatic N) is 2. The molecule has 0 radical (unpaired) electrons. The van der Waals surface area contributed by atoms with Gasteiger partial charge in [0.1, 0.15) is 5.82 Å². The summed E-state index contributed by atoms with van der Waals surface area (Å²) in [7, 11) is 1.65. The lowest BCUT2D eigenvalue weighted by Crippen LogP contribution is -2.30. The summed E-state index contributed by atoms with van der Waals surface area (Å²) < 4.78 is 13.7. The maximum Gasteiger partial charge on any atom is 0.223 e. The van der Waals surface area contributed by atoms with Gasteiger partial charge >= 0.3 is 0 Å². The second-order valence-corrected chi connectivity index (χ2v) is 8.01. The summed E-state index contributed by atoms with van der Waals surface area (Å²) in [6, 6.07) is 14.0. The summed E-state index contributed by atoms with van der Waals surface area (Å²) in [5, 5.41) is 3.07. The predicted molar refractivity (Wildman–Crippen MR) is 133 cm³/mol. The number of rotatable bonds is 12. The number of para-hydroxylation sites is 2. The SMILES string of the molecule is C/C=C/c1ccc(OCCCn2c(CNC(=O)C(CC)CC)nc3ccccc32)c(OC)c1. The molecule has 0 aliphatic carbocycles. The Hall–Kier alpha value is -3.28. The fraction of sp³-hybridized carbons (Fsp3) is 0.407. The van der Waals surface area contributed by atoms with Crippen LogP contribution in [-0.2, 0) is 17.9 Å². The van der Waals surface area contributed by atoms with Crippen molar-refractivity contribution in [1.29, 1.82) is 0 Å². The van der Waals surface area contributed by atoms with Crippen molar-refractivity contribution < 1.29 is 14.3 Å². The van der Waals surface area contributed by atoms with E-state index in [0.717, 1.165) is 59.7 Å². The molecule has 1 heterocycles. The van der Waals surface area contributed by atoms with Gasteiger partial charge in [-0.2, -0.15) is 0 Å². The van der Waals surface area contributed by atoms with E-state index in [-0.39, 0.29) is 11.8 Å². The third-order valence-corrected chi connectivity index (χ3v) is 5.84. The lowest BCUT2D eigenvalue weighted by molar-refractivity contribution is -0.125. The molecular weight excluding hydrogens is 414 g/mol. The minimum absolute atomic E-state index is 0.0467. The van der Waals surface area contributed by atoms with Crippen molar-refractivity contribution in [2.24, 2.45) is 5.92 Å². The lowest BCUT2D eigenvalue weighted by Gasteiger charge is -2.15. The van der Waals surface area contributed by atoms with E-state index < -0.39 is 0 Å². The monoisotopic (exact) mass is 449 g/mol. The van der Waals surface area contributed by atoms with Crippen LogP contribution in [0.2, 0.25) is 0 Å². The number of carbonyl (C=O) groups excluding carboxylic acids is 1. The summed E-state index contributed by atoms with van der Waals surface area (Å²) in [4.78, 5) is 17.2. The Bertz CT molecular complexity index is 1080. The first-order chi connectivity index (χ1) is 16.1. The molecule has 3 rings (SSSR count). The molecule has 6 heteroatoms. The Morgan fingerprint density at radius 3 is 2.67 bits per heavy atom. The van der Waals surface area contributed by atoms with Crippen molar-refractivity contribution >= 4 is 23.0 Å². The molecule has 1 N–H and O–H groups in total. The second-order valence-electron chi connectivity index (χ2n) is 8.01. The van der Waals surface area contributed by atoms with Gasteiger partial charge in [-0.3, -0.25) is 4.79 Å². The average molecular weight is 450 g/mol. The van der Waals surface area contributed by atoms with Crippen LogP contribution in [0, 0.1) is 5.92 Å². The number of carbonyl (C=O) groups is 1. The zero-order valence-corrected chi connectivity index (χ0v) is 20.1. The minimum atomic E-state index is 0.0467. The number of aryl methyl sites for hydroxylation is 1. The second kappa shape index (κ2) is 12.1. The summed E-state index contributed by atoms with van der Waals surface area (Å²) in [6.45, 7) is 7.80. The Kier molecular flexibility index (Phi) is 8.93. The lowest BCUT2D eigenvalue weighted by atomic mass is 10.0. The summed E-state index contributed by atoms with van der Waals surface area (Å²) >= 11 is 0. The zero-order chi connectivity index (χ0) is 23.6. The predicted octanol–water partition coefficient (Wildman–Crippen LogP) is 5.60. The highest BCUT2D eigenvalue weighted by atomic mass is 16.5. The molecule has 0 aliphatic rings. The van der Waals surface area contributed by atoms with E-state index in [1.54, 1.807) is 7.11 Å². The summed E-state index contributed by atoms with van der Waals surface area (Å²) in [5.41, 5.74) is 3.08. The molecule has 1 aromatic heterocycles. The molecule has 2 aromatic carbocycles. The van der Waals surface area contributed by atoms with Gasteiger partial charge < -0.3 is 19.4 Å². The van der Waals surface area contributed by atoms with E-state index in [9.17, 15) is 4.79 Å². The summed E-state index contributed by atoms with van der Waals surface area (Å²) in [5.74, 6) is 2.46. The average Bonchev–Trinajstić information content (AvgIpc) is 3.19. The molecule has 0 fully saturated rings. The molecule has 176 valence electrons. The molecule has 1 amide bonds. The molecule has 0 saturated carbocycles. The third-order valence-electron chi connectivity index (χ3n) is 5.84. The highest BCUT2D eigenvalue weighted by Crippen LogP contribution is 2.29. The van der Waals surface area contributed by atoms with Gasteiger partial charge in [-0.15, -0.1) is 0 Å². The first-order valence-electron chi connectivity index (χ1n) is 11.8. The number of benzene rings is 2. The number of amides is 1. The third kappa shape index (κ3) is 6.15. The van der Waals surface area contributed by atoms with Crippen LogP contribution in [0.25, 0.3) is 17.1 Å². The van der Waals surface area contributed by atoms with Crippen LogP contribution in [-0.4, -0.2) is 29.2 Å². The van der Waals surface area contributed by atoms with Crippen molar-refractivity contribution in [2.75, 3.05) is 13.7 Å². The molecule has 0 spiro atoms. The van der Waals surface area contributed by atoms with Crippen molar-refractivity contribution in [1.82, 2.24) is 14.9 Å². The maximum absolute atomic E-state index is 12.5. The number of hydrogen-bond donors (Lipinski definition) is 1. The van der Waals surface area contributed by atoms with Gasteiger partial charge in [0, 0.05) is 12.5 Å². The van der Waals surface area contributed by atoms with Gasteiger partial charge in [-0.1, -0.05) is 44.2 Å². The Labute approximate surface area is 196 Å². The quantitative estimate of drug-likeness (QED) is 0.366. The molecule has 0 atom stereocenters. The smallest absolute Gasteiger partial charge is 0.223 e. The fourth-order valence-corrected chi connectivity index (χ4v) is 3.98. The van der Waals surface area contributed by atoms with Crippen LogP contribution in [0.3, 0.4) is 0 Å². The van der Waals surface area contributed by atoms with Crippen LogP contribution >= 0.6 is 0 Å². The number of fused-ring (bicyclic) bond motifs is 1.